The van der Waals surface area contributed by atoms with Crippen molar-refractivity contribution >= 4 is 28.5 Å². The van der Waals surface area contributed by atoms with Gasteiger partial charge in [0.2, 0.25) is 11.0 Å². The Morgan fingerprint density at radius 2 is 2.10 bits per heavy atom. The Morgan fingerprint density at radius 3 is 2.71 bits per heavy atom. The summed E-state index contributed by atoms with van der Waals surface area (Å²) < 4.78 is 10.5. The molecule has 2 aromatic rings. The molecule has 1 N–H and O–H groups in total. The van der Waals surface area contributed by atoms with E-state index in [0.29, 0.717) is 16.6 Å². The molecular formula is C14H15N3O3S. The molecule has 7 heteroatoms. The summed E-state index contributed by atoms with van der Waals surface area (Å²) in [5.41, 5.74) is 0.750. The summed E-state index contributed by atoms with van der Waals surface area (Å²) >= 11 is 1.32. The molecule has 110 valence electrons. The molecule has 1 amide bonds. The van der Waals surface area contributed by atoms with Gasteiger partial charge in [-0.1, -0.05) is 23.5 Å². The van der Waals surface area contributed by atoms with Crippen LogP contribution in [0.25, 0.3) is 6.08 Å². The van der Waals surface area contributed by atoms with Gasteiger partial charge < -0.3 is 9.47 Å². The molecule has 2 rings (SSSR count). The van der Waals surface area contributed by atoms with Crippen molar-refractivity contribution < 1.29 is 14.3 Å². The van der Waals surface area contributed by atoms with Crippen LogP contribution in [0, 0.1) is 6.92 Å². The third kappa shape index (κ3) is 3.79. The maximum absolute atomic E-state index is 11.8. The van der Waals surface area contributed by atoms with Gasteiger partial charge in [0.1, 0.15) is 5.01 Å². The number of methoxy groups -OCH3 is 2. The average molecular weight is 305 g/mol. The Balaban J connectivity index is 2.12. The maximum Gasteiger partial charge on any atom is 0.250 e. The van der Waals surface area contributed by atoms with E-state index in [-0.39, 0.29) is 5.91 Å². The van der Waals surface area contributed by atoms with Gasteiger partial charge in [-0.15, -0.1) is 10.2 Å². The zero-order valence-electron chi connectivity index (χ0n) is 11.9. The standard InChI is InChI=1S/C14H15N3O3S/c1-9-16-17-14(21-9)15-12(18)8-7-10-5-4-6-11(19-2)13(10)20-3/h4-8H,1-3H3,(H,15,17,18)/b8-7+. The second-order valence-electron chi connectivity index (χ2n) is 4.03. The Morgan fingerprint density at radius 1 is 1.29 bits per heavy atom. The molecule has 1 aromatic carbocycles. The molecule has 0 spiro atoms. The highest BCUT2D eigenvalue weighted by atomic mass is 32.1. The van der Waals surface area contributed by atoms with Crippen LogP contribution >= 0.6 is 11.3 Å². The molecule has 0 saturated carbocycles. The van der Waals surface area contributed by atoms with Crippen molar-refractivity contribution in [1.82, 2.24) is 10.2 Å². The molecule has 21 heavy (non-hydrogen) atoms. The molecule has 0 fully saturated rings. The fourth-order valence-electron chi connectivity index (χ4n) is 1.70. The van der Waals surface area contributed by atoms with Crippen LogP contribution in [0.15, 0.2) is 24.3 Å². The van der Waals surface area contributed by atoms with E-state index in [1.54, 1.807) is 26.4 Å². The Hall–Kier alpha value is -2.41. The molecule has 0 radical (unpaired) electrons. The zero-order chi connectivity index (χ0) is 15.2. The van der Waals surface area contributed by atoms with Crippen LogP contribution in [0.4, 0.5) is 5.13 Å². The number of hydrogen-bond donors (Lipinski definition) is 1. The summed E-state index contributed by atoms with van der Waals surface area (Å²) in [6.45, 7) is 1.82. The highest BCUT2D eigenvalue weighted by Gasteiger charge is 2.08. The number of hydrogen-bond acceptors (Lipinski definition) is 6. The van der Waals surface area contributed by atoms with E-state index in [4.69, 9.17) is 9.47 Å². The number of anilines is 1. The topological polar surface area (TPSA) is 73.3 Å². The van der Waals surface area contributed by atoms with Gasteiger partial charge in [0.25, 0.3) is 0 Å². The smallest absolute Gasteiger partial charge is 0.250 e. The first-order chi connectivity index (χ1) is 10.1. The number of nitrogens with zero attached hydrogens (tertiary/aromatic N) is 2. The minimum absolute atomic E-state index is 0.281. The molecular weight excluding hydrogens is 290 g/mol. The highest BCUT2D eigenvalue weighted by Crippen LogP contribution is 2.31. The third-order valence-electron chi connectivity index (χ3n) is 2.60. The normalized spacial score (nSPS) is 10.6. The lowest BCUT2D eigenvalue weighted by Gasteiger charge is -2.09. The van der Waals surface area contributed by atoms with Crippen LogP contribution in [0.5, 0.6) is 11.5 Å². The van der Waals surface area contributed by atoms with Crippen LogP contribution in [0.2, 0.25) is 0 Å². The van der Waals surface area contributed by atoms with Crippen LogP contribution in [-0.2, 0) is 4.79 Å². The predicted molar refractivity (Wildman–Crippen MR) is 81.9 cm³/mol. The van der Waals surface area contributed by atoms with Crippen molar-refractivity contribution in [2.75, 3.05) is 19.5 Å². The molecule has 0 atom stereocenters. The first-order valence-corrected chi connectivity index (χ1v) is 6.96. The molecule has 6 nitrogen and oxygen atoms in total. The van der Waals surface area contributed by atoms with Crippen LogP contribution in [-0.4, -0.2) is 30.3 Å². The van der Waals surface area contributed by atoms with Gasteiger partial charge in [0, 0.05) is 11.6 Å². The first kappa shape index (κ1) is 15.0. The summed E-state index contributed by atoms with van der Waals surface area (Å²) in [5, 5.41) is 11.6. The van der Waals surface area contributed by atoms with E-state index in [1.807, 2.05) is 19.1 Å². The zero-order valence-corrected chi connectivity index (χ0v) is 12.7. The van der Waals surface area contributed by atoms with Gasteiger partial charge in [-0.05, 0) is 19.1 Å². The second-order valence-corrected chi connectivity index (χ2v) is 5.21. The number of carbonyl (C=O) groups excluding carboxylic acids is 1. The van der Waals surface area contributed by atoms with Crippen molar-refractivity contribution in [1.29, 1.82) is 0 Å². The number of aryl methyl sites for hydroxylation is 1. The third-order valence-corrected chi connectivity index (χ3v) is 3.36. The number of benzene rings is 1. The van der Waals surface area contributed by atoms with Crippen LogP contribution in [0.3, 0.4) is 0 Å². The van der Waals surface area contributed by atoms with Crippen LogP contribution < -0.4 is 14.8 Å². The summed E-state index contributed by atoms with van der Waals surface area (Å²) in [7, 11) is 3.12. The predicted octanol–water partition coefficient (Wildman–Crippen LogP) is 2.52. The summed E-state index contributed by atoms with van der Waals surface area (Å²) in [6.07, 6.45) is 3.07. The van der Waals surface area contributed by atoms with Gasteiger partial charge in [-0.2, -0.15) is 0 Å². The van der Waals surface area contributed by atoms with Gasteiger partial charge in [0.05, 0.1) is 14.2 Å². The molecule has 0 saturated heterocycles. The van der Waals surface area contributed by atoms with E-state index in [1.165, 1.54) is 17.4 Å². The van der Waals surface area contributed by atoms with Crippen molar-refractivity contribution in [2.24, 2.45) is 0 Å². The molecule has 1 aromatic heterocycles. The molecule has 0 aliphatic heterocycles. The van der Waals surface area contributed by atoms with Gasteiger partial charge in [0.15, 0.2) is 11.5 Å². The van der Waals surface area contributed by atoms with Crippen molar-refractivity contribution in [3.8, 4) is 11.5 Å². The number of ether oxygens (including phenoxy) is 2. The van der Waals surface area contributed by atoms with Gasteiger partial charge in [-0.3, -0.25) is 10.1 Å². The largest absolute Gasteiger partial charge is 0.493 e. The fourth-order valence-corrected chi connectivity index (χ4v) is 2.30. The average Bonchev–Trinajstić information content (AvgIpc) is 2.89. The second kappa shape index (κ2) is 6.85. The van der Waals surface area contributed by atoms with Crippen molar-refractivity contribution in [3.05, 3.63) is 34.8 Å². The molecule has 0 aliphatic rings. The molecule has 1 heterocycles. The minimum Gasteiger partial charge on any atom is -0.493 e. The van der Waals surface area contributed by atoms with E-state index in [0.717, 1.165) is 10.6 Å². The first-order valence-electron chi connectivity index (χ1n) is 6.14. The number of amides is 1. The van der Waals surface area contributed by atoms with Crippen LogP contribution in [0.1, 0.15) is 10.6 Å². The lowest BCUT2D eigenvalue weighted by Crippen LogP contribution is -2.07. The minimum atomic E-state index is -0.281. The SMILES string of the molecule is COc1cccc(/C=C/C(=O)Nc2nnc(C)s2)c1OC. The number of rotatable bonds is 5. The number of aromatic nitrogens is 2. The molecule has 0 aliphatic carbocycles. The number of para-hydroxylation sites is 1. The van der Waals surface area contributed by atoms with Crippen molar-refractivity contribution in [3.63, 3.8) is 0 Å². The molecule has 0 unspecified atom stereocenters. The summed E-state index contributed by atoms with van der Waals surface area (Å²) in [5.74, 6) is 0.909. The van der Waals surface area contributed by atoms with E-state index < -0.39 is 0 Å². The van der Waals surface area contributed by atoms with Gasteiger partial charge >= 0.3 is 0 Å². The number of nitrogens with one attached hydrogen (secondary N) is 1. The Bertz CT molecular complexity index is 667. The molecule has 0 bridgehead atoms. The quantitative estimate of drug-likeness (QED) is 0.859. The Labute approximate surface area is 126 Å². The van der Waals surface area contributed by atoms with E-state index in [9.17, 15) is 4.79 Å². The number of carbonyl (C=O) groups is 1. The van der Waals surface area contributed by atoms with Crippen molar-refractivity contribution in [2.45, 2.75) is 6.92 Å². The van der Waals surface area contributed by atoms with E-state index in [2.05, 4.69) is 15.5 Å². The maximum atomic E-state index is 11.8. The highest BCUT2D eigenvalue weighted by molar-refractivity contribution is 7.15. The summed E-state index contributed by atoms with van der Waals surface area (Å²) in [6, 6.07) is 5.45. The summed E-state index contributed by atoms with van der Waals surface area (Å²) in [4.78, 5) is 11.8. The Kier molecular flexibility index (Phi) is 4.89. The lowest BCUT2D eigenvalue weighted by atomic mass is 10.1. The lowest BCUT2D eigenvalue weighted by molar-refractivity contribution is -0.111. The van der Waals surface area contributed by atoms with E-state index >= 15 is 0 Å². The fraction of sp³-hybridized carbons (Fsp3) is 0.214. The monoisotopic (exact) mass is 305 g/mol. The van der Waals surface area contributed by atoms with Gasteiger partial charge in [-0.25, -0.2) is 0 Å².